The first-order valence-electron chi connectivity index (χ1n) is 9.89. The summed E-state index contributed by atoms with van der Waals surface area (Å²) in [7, 11) is 0. The van der Waals surface area contributed by atoms with Crippen LogP contribution in [0, 0.1) is 5.41 Å². The molecule has 2 fully saturated rings. The van der Waals surface area contributed by atoms with Gasteiger partial charge in [0.1, 0.15) is 0 Å². The predicted octanol–water partition coefficient (Wildman–Crippen LogP) is 2.87. The van der Waals surface area contributed by atoms with Crippen molar-refractivity contribution in [2.45, 2.75) is 65.7 Å². The maximum absolute atomic E-state index is 11.7. The van der Waals surface area contributed by atoms with Crippen LogP contribution in [-0.2, 0) is 4.79 Å². The Morgan fingerprint density at radius 1 is 1.29 bits per heavy atom. The largest absolute Gasteiger partial charge is 0.357 e. The van der Waals surface area contributed by atoms with E-state index in [0.717, 1.165) is 64.5 Å². The first-order chi connectivity index (χ1) is 11.6. The number of carbonyl (C=O) groups excluding carboxylic acids is 1. The highest BCUT2D eigenvalue weighted by Gasteiger charge is 2.31. The summed E-state index contributed by atoms with van der Waals surface area (Å²) >= 11 is 0. The molecule has 0 bridgehead atoms. The number of nitrogens with one attached hydrogen (secondary N) is 1. The lowest BCUT2D eigenvalue weighted by Gasteiger charge is -2.42. The van der Waals surface area contributed by atoms with Crippen molar-refractivity contribution in [2.24, 2.45) is 10.4 Å². The molecule has 1 unspecified atom stereocenters. The summed E-state index contributed by atoms with van der Waals surface area (Å²) < 4.78 is 0. The molecule has 2 saturated heterocycles. The van der Waals surface area contributed by atoms with Crippen LogP contribution in [0.4, 0.5) is 0 Å². The van der Waals surface area contributed by atoms with Crippen LogP contribution in [-0.4, -0.2) is 60.9 Å². The van der Waals surface area contributed by atoms with Gasteiger partial charge in [0, 0.05) is 45.7 Å². The molecule has 1 N–H and O–H groups in total. The van der Waals surface area contributed by atoms with Crippen LogP contribution in [0.5, 0.6) is 0 Å². The lowest BCUT2D eigenvalue weighted by atomic mass is 9.78. The number of rotatable bonds is 7. The average molecular weight is 337 g/mol. The van der Waals surface area contributed by atoms with Gasteiger partial charge >= 0.3 is 0 Å². The summed E-state index contributed by atoms with van der Waals surface area (Å²) in [4.78, 5) is 20.9. The summed E-state index contributed by atoms with van der Waals surface area (Å²) in [5.41, 5.74) is 0.422. The molecule has 5 heteroatoms. The number of aliphatic imine (C=N–C) groups is 1. The van der Waals surface area contributed by atoms with Gasteiger partial charge in [0.2, 0.25) is 5.91 Å². The number of nitrogens with zero attached hydrogens (tertiary/aromatic N) is 3. The maximum atomic E-state index is 11.7. The minimum absolute atomic E-state index is 0.317. The first kappa shape index (κ1) is 19.1. The molecule has 5 nitrogen and oxygen atoms in total. The lowest BCUT2D eigenvalue weighted by Crippen LogP contribution is -2.49. The normalized spacial score (nSPS) is 25.5. The number of likely N-dealkylation sites (tertiary alicyclic amines) is 2. The van der Waals surface area contributed by atoms with E-state index in [-0.39, 0.29) is 0 Å². The summed E-state index contributed by atoms with van der Waals surface area (Å²) in [5.74, 6) is 1.38. The molecule has 1 amide bonds. The van der Waals surface area contributed by atoms with Gasteiger partial charge in [-0.3, -0.25) is 9.79 Å². The van der Waals surface area contributed by atoms with Crippen molar-refractivity contribution in [3.8, 4) is 0 Å². The van der Waals surface area contributed by atoms with Gasteiger partial charge in [-0.1, -0.05) is 20.3 Å². The Balaban J connectivity index is 1.86. The number of hydrogen-bond acceptors (Lipinski definition) is 2. The average Bonchev–Trinajstić information content (AvgIpc) is 2.95. The summed E-state index contributed by atoms with van der Waals surface area (Å²) in [6, 6.07) is 0. The van der Waals surface area contributed by atoms with E-state index < -0.39 is 0 Å². The molecule has 2 aliphatic heterocycles. The molecule has 2 rings (SSSR count). The Kier molecular flexibility index (Phi) is 7.38. The van der Waals surface area contributed by atoms with Crippen molar-refractivity contribution in [2.75, 3.05) is 39.3 Å². The van der Waals surface area contributed by atoms with E-state index in [1.807, 2.05) is 4.90 Å². The topological polar surface area (TPSA) is 47.9 Å². The molecule has 2 heterocycles. The first-order valence-corrected chi connectivity index (χ1v) is 9.89. The van der Waals surface area contributed by atoms with Crippen LogP contribution in [0.1, 0.15) is 65.7 Å². The van der Waals surface area contributed by atoms with Crippen molar-refractivity contribution in [3.05, 3.63) is 0 Å². The second-order valence-electron chi connectivity index (χ2n) is 7.66. The standard InChI is InChI=1S/C19H36N4O/c1-4-10-19(3)11-7-14-23(16-19)18(20-5-2)21-12-8-15-22-13-6-9-17(22)24/h4-16H2,1-3H3,(H,20,21). The summed E-state index contributed by atoms with van der Waals surface area (Å²) in [6.45, 7) is 12.5. The summed E-state index contributed by atoms with van der Waals surface area (Å²) in [6.07, 6.45) is 7.84. The Morgan fingerprint density at radius 3 is 2.79 bits per heavy atom. The number of carbonyl (C=O) groups is 1. The van der Waals surface area contributed by atoms with E-state index in [1.54, 1.807) is 0 Å². The van der Waals surface area contributed by atoms with Crippen molar-refractivity contribution >= 4 is 11.9 Å². The highest BCUT2D eigenvalue weighted by atomic mass is 16.2. The van der Waals surface area contributed by atoms with Gasteiger partial charge in [0.25, 0.3) is 0 Å². The SMILES string of the molecule is CCCC1(C)CCCN(C(=NCCCN2CCCC2=O)NCC)C1. The van der Waals surface area contributed by atoms with Crippen LogP contribution >= 0.6 is 0 Å². The highest BCUT2D eigenvalue weighted by molar-refractivity contribution is 5.80. The third kappa shape index (κ3) is 5.38. The van der Waals surface area contributed by atoms with Crippen LogP contribution in [0.15, 0.2) is 4.99 Å². The van der Waals surface area contributed by atoms with Crippen LogP contribution in [0.2, 0.25) is 0 Å². The Morgan fingerprint density at radius 2 is 2.12 bits per heavy atom. The van der Waals surface area contributed by atoms with Crippen molar-refractivity contribution in [3.63, 3.8) is 0 Å². The molecule has 1 atom stereocenters. The molecular weight excluding hydrogens is 300 g/mol. The van der Waals surface area contributed by atoms with Gasteiger partial charge in [-0.05, 0) is 44.4 Å². The van der Waals surface area contributed by atoms with Gasteiger partial charge in [-0.15, -0.1) is 0 Å². The Labute approximate surface area is 147 Å². The number of guanidine groups is 1. The van der Waals surface area contributed by atoms with Crippen LogP contribution < -0.4 is 5.32 Å². The fourth-order valence-electron chi connectivity index (χ4n) is 4.12. The van der Waals surface area contributed by atoms with Gasteiger partial charge in [-0.25, -0.2) is 0 Å². The molecule has 0 aliphatic carbocycles. The van der Waals surface area contributed by atoms with Crippen LogP contribution in [0.3, 0.4) is 0 Å². The fraction of sp³-hybridized carbons (Fsp3) is 0.895. The molecule has 2 aliphatic rings. The minimum atomic E-state index is 0.317. The predicted molar refractivity (Wildman–Crippen MR) is 100 cm³/mol. The fourth-order valence-corrected chi connectivity index (χ4v) is 4.12. The number of piperidine rings is 1. The van der Waals surface area contributed by atoms with Gasteiger partial charge < -0.3 is 15.1 Å². The third-order valence-electron chi connectivity index (χ3n) is 5.29. The van der Waals surface area contributed by atoms with Gasteiger partial charge in [-0.2, -0.15) is 0 Å². The monoisotopic (exact) mass is 336 g/mol. The van der Waals surface area contributed by atoms with E-state index in [9.17, 15) is 4.79 Å². The molecular formula is C19H36N4O. The quantitative estimate of drug-likeness (QED) is 0.442. The smallest absolute Gasteiger partial charge is 0.222 e. The number of hydrogen-bond donors (Lipinski definition) is 1. The van der Waals surface area contributed by atoms with E-state index in [0.29, 0.717) is 11.3 Å². The second kappa shape index (κ2) is 9.28. The zero-order valence-electron chi connectivity index (χ0n) is 15.9. The van der Waals surface area contributed by atoms with E-state index >= 15 is 0 Å². The van der Waals surface area contributed by atoms with Crippen LogP contribution in [0.25, 0.3) is 0 Å². The molecule has 0 spiro atoms. The zero-order valence-corrected chi connectivity index (χ0v) is 15.9. The zero-order chi connectivity index (χ0) is 17.4. The van der Waals surface area contributed by atoms with E-state index in [1.165, 1.54) is 25.7 Å². The lowest BCUT2D eigenvalue weighted by molar-refractivity contribution is -0.127. The molecule has 0 aromatic rings. The minimum Gasteiger partial charge on any atom is -0.357 e. The van der Waals surface area contributed by atoms with Crippen molar-refractivity contribution < 1.29 is 4.79 Å². The highest BCUT2D eigenvalue weighted by Crippen LogP contribution is 2.33. The van der Waals surface area contributed by atoms with Gasteiger partial charge in [0.05, 0.1) is 0 Å². The van der Waals surface area contributed by atoms with E-state index in [4.69, 9.17) is 4.99 Å². The van der Waals surface area contributed by atoms with Crippen molar-refractivity contribution in [1.29, 1.82) is 0 Å². The Hall–Kier alpha value is -1.26. The molecule has 138 valence electrons. The molecule has 24 heavy (non-hydrogen) atoms. The third-order valence-corrected chi connectivity index (χ3v) is 5.29. The van der Waals surface area contributed by atoms with Gasteiger partial charge in [0.15, 0.2) is 5.96 Å². The molecule has 0 aromatic heterocycles. The maximum Gasteiger partial charge on any atom is 0.222 e. The molecule has 0 radical (unpaired) electrons. The second-order valence-corrected chi connectivity index (χ2v) is 7.66. The molecule has 0 aromatic carbocycles. The van der Waals surface area contributed by atoms with E-state index in [2.05, 4.69) is 31.0 Å². The summed E-state index contributed by atoms with van der Waals surface area (Å²) in [5, 5.41) is 3.46. The molecule has 0 saturated carbocycles. The Bertz CT molecular complexity index is 433. The number of amides is 1. The van der Waals surface area contributed by atoms with Crippen molar-refractivity contribution in [1.82, 2.24) is 15.1 Å².